The first-order valence-electron chi connectivity index (χ1n) is 10.3. The largest absolute Gasteiger partial charge is 0.383 e. The van der Waals surface area contributed by atoms with Crippen molar-refractivity contribution in [3.05, 3.63) is 62.6 Å². The molecule has 0 atom stereocenters. The maximum atomic E-state index is 13.1. The Bertz CT molecular complexity index is 1320. The zero-order valence-electron chi connectivity index (χ0n) is 17.9. The van der Waals surface area contributed by atoms with Gasteiger partial charge in [-0.15, -0.1) is 0 Å². The van der Waals surface area contributed by atoms with Crippen molar-refractivity contribution in [3.63, 3.8) is 0 Å². The maximum absolute atomic E-state index is 13.1. The Hall–Kier alpha value is -3.13. The SMILES string of the molecule is CCCCc1ccc(-n2c(C)cn3c4c(=O)n(CCOC)c(=O)n(C)c4nc23)cc1. The van der Waals surface area contributed by atoms with Crippen LogP contribution in [-0.2, 0) is 24.8 Å². The summed E-state index contributed by atoms with van der Waals surface area (Å²) >= 11 is 0. The van der Waals surface area contributed by atoms with Gasteiger partial charge >= 0.3 is 5.69 Å². The molecule has 0 spiro atoms. The minimum absolute atomic E-state index is 0.199. The maximum Gasteiger partial charge on any atom is 0.332 e. The molecule has 0 aliphatic heterocycles. The first-order chi connectivity index (χ1) is 14.5. The molecule has 0 bridgehead atoms. The average Bonchev–Trinajstić information content (AvgIpc) is 3.25. The van der Waals surface area contributed by atoms with Crippen molar-refractivity contribution in [2.24, 2.45) is 7.05 Å². The van der Waals surface area contributed by atoms with Gasteiger partial charge in [0.25, 0.3) is 5.56 Å². The molecule has 0 saturated carbocycles. The fraction of sp³-hybridized carbons (Fsp3) is 0.409. The highest BCUT2D eigenvalue weighted by molar-refractivity contribution is 5.76. The van der Waals surface area contributed by atoms with Crippen molar-refractivity contribution in [1.29, 1.82) is 0 Å². The monoisotopic (exact) mass is 409 g/mol. The molecule has 0 radical (unpaired) electrons. The van der Waals surface area contributed by atoms with Crippen molar-refractivity contribution in [3.8, 4) is 5.69 Å². The normalized spacial score (nSPS) is 11.7. The quantitative estimate of drug-likeness (QED) is 0.470. The summed E-state index contributed by atoms with van der Waals surface area (Å²) in [6.07, 6.45) is 5.29. The molecule has 8 nitrogen and oxygen atoms in total. The van der Waals surface area contributed by atoms with E-state index in [1.807, 2.05) is 17.7 Å². The molecule has 0 aliphatic rings. The number of imidazole rings is 2. The molecule has 30 heavy (non-hydrogen) atoms. The van der Waals surface area contributed by atoms with Crippen LogP contribution in [0, 0.1) is 6.92 Å². The van der Waals surface area contributed by atoms with Crippen LogP contribution in [0.15, 0.2) is 40.1 Å². The lowest BCUT2D eigenvalue weighted by molar-refractivity contribution is 0.184. The van der Waals surface area contributed by atoms with Crippen LogP contribution in [0.2, 0.25) is 0 Å². The zero-order valence-corrected chi connectivity index (χ0v) is 17.9. The van der Waals surface area contributed by atoms with Gasteiger partial charge < -0.3 is 4.74 Å². The average molecular weight is 409 g/mol. The standard InChI is InChI=1S/C22H27N5O3/c1-5-6-7-16-8-10-17(11-9-16)27-15(2)14-26-18-19(23-21(26)27)24(3)22(29)25(20(18)28)12-13-30-4/h8-11,14H,5-7,12-13H2,1-4H3. The third-order valence-corrected chi connectivity index (χ3v) is 5.56. The topological polar surface area (TPSA) is 75.5 Å². The van der Waals surface area contributed by atoms with Gasteiger partial charge in [-0.25, -0.2) is 4.79 Å². The van der Waals surface area contributed by atoms with Gasteiger partial charge in [0.1, 0.15) is 0 Å². The van der Waals surface area contributed by atoms with E-state index in [0.717, 1.165) is 17.8 Å². The van der Waals surface area contributed by atoms with Gasteiger partial charge in [-0.05, 0) is 37.5 Å². The predicted molar refractivity (Wildman–Crippen MR) is 117 cm³/mol. The molecule has 4 aromatic rings. The molecular weight excluding hydrogens is 382 g/mol. The summed E-state index contributed by atoms with van der Waals surface area (Å²) in [4.78, 5) is 30.4. The van der Waals surface area contributed by atoms with Crippen molar-refractivity contribution in [2.45, 2.75) is 39.7 Å². The minimum Gasteiger partial charge on any atom is -0.383 e. The Morgan fingerprint density at radius 3 is 2.53 bits per heavy atom. The number of rotatable bonds is 7. The lowest BCUT2D eigenvalue weighted by atomic mass is 10.1. The van der Waals surface area contributed by atoms with Crippen LogP contribution >= 0.6 is 0 Å². The molecule has 8 heteroatoms. The number of nitrogens with zero attached hydrogens (tertiary/aromatic N) is 5. The molecule has 3 heterocycles. The molecule has 158 valence electrons. The molecule has 1 aromatic carbocycles. The Labute approximate surface area is 174 Å². The third-order valence-electron chi connectivity index (χ3n) is 5.56. The summed E-state index contributed by atoms with van der Waals surface area (Å²) < 4.78 is 11.5. The molecule has 4 rings (SSSR count). The van der Waals surface area contributed by atoms with E-state index >= 15 is 0 Å². The highest BCUT2D eigenvalue weighted by Gasteiger charge is 2.20. The van der Waals surface area contributed by atoms with E-state index in [1.54, 1.807) is 18.6 Å². The molecule has 0 saturated heterocycles. The highest BCUT2D eigenvalue weighted by atomic mass is 16.5. The number of aryl methyl sites for hydroxylation is 3. The van der Waals surface area contributed by atoms with Gasteiger partial charge in [0.05, 0.1) is 13.2 Å². The summed E-state index contributed by atoms with van der Waals surface area (Å²) in [5, 5.41) is 0. The number of unbranched alkanes of at least 4 members (excludes halogenated alkanes) is 1. The molecule has 0 amide bonds. The van der Waals surface area contributed by atoms with E-state index in [4.69, 9.17) is 4.74 Å². The van der Waals surface area contributed by atoms with E-state index < -0.39 is 5.69 Å². The Balaban J connectivity index is 1.91. The van der Waals surface area contributed by atoms with Gasteiger partial charge in [-0.1, -0.05) is 25.5 Å². The van der Waals surface area contributed by atoms with E-state index in [1.165, 1.54) is 27.5 Å². The van der Waals surface area contributed by atoms with Crippen LogP contribution in [0.5, 0.6) is 0 Å². The predicted octanol–water partition coefficient (Wildman–Crippen LogP) is 2.44. The summed E-state index contributed by atoms with van der Waals surface area (Å²) in [5.41, 5.74) is 3.25. The van der Waals surface area contributed by atoms with Gasteiger partial charge in [0.2, 0.25) is 5.78 Å². The zero-order chi connectivity index (χ0) is 21.4. The minimum atomic E-state index is -0.395. The van der Waals surface area contributed by atoms with Gasteiger partial charge in [-0.2, -0.15) is 4.98 Å². The molecule has 0 unspecified atom stereocenters. The second kappa shape index (κ2) is 7.95. The van der Waals surface area contributed by atoms with E-state index in [2.05, 4.69) is 36.2 Å². The first-order valence-corrected chi connectivity index (χ1v) is 10.3. The van der Waals surface area contributed by atoms with Crippen molar-refractivity contribution in [2.75, 3.05) is 13.7 Å². The van der Waals surface area contributed by atoms with Crippen LogP contribution in [0.3, 0.4) is 0 Å². The van der Waals surface area contributed by atoms with E-state index in [9.17, 15) is 9.59 Å². The summed E-state index contributed by atoms with van der Waals surface area (Å²) in [6.45, 7) is 4.65. The lowest BCUT2D eigenvalue weighted by Gasteiger charge is -2.08. The number of hydrogen-bond donors (Lipinski definition) is 0. The van der Waals surface area contributed by atoms with Crippen molar-refractivity contribution >= 4 is 16.9 Å². The first kappa shape index (κ1) is 20.2. The van der Waals surface area contributed by atoms with E-state index in [-0.39, 0.29) is 18.7 Å². The molecular formula is C22H27N5O3. The van der Waals surface area contributed by atoms with Gasteiger partial charge in [0.15, 0.2) is 11.2 Å². The second-order valence-electron chi connectivity index (χ2n) is 7.62. The lowest BCUT2D eigenvalue weighted by Crippen LogP contribution is -2.40. The number of hydrogen-bond acceptors (Lipinski definition) is 4. The summed E-state index contributed by atoms with van der Waals surface area (Å²) in [5.74, 6) is 0.611. The van der Waals surface area contributed by atoms with Crippen molar-refractivity contribution in [1.82, 2.24) is 23.1 Å². The molecule has 0 aliphatic carbocycles. The third kappa shape index (κ3) is 3.17. The highest BCUT2D eigenvalue weighted by Crippen LogP contribution is 2.21. The van der Waals surface area contributed by atoms with Gasteiger partial charge in [-0.3, -0.25) is 22.9 Å². The number of aromatic nitrogens is 5. The van der Waals surface area contributed by atoms with Crippen LogP contribution in [0.1, 0.15) is 31.0 Å². The molecule has 0 fully saturated rings. The number of methoxy groups -OCH3 is 1. The van der Waals surface area contributed by atoms with Gasteiger partial charge in [0, 0.05) is 31.7 Å². The number of benzene rings is 1. The van der Waals surface area contributed by atoms with Crippen LogP contribution in [0.25, 0.3) is 22.6 Å². The molecule has 3 aromatic heterocycles. The number of ether oxygens (including phenoxy) is 1. The Morgan fingerprint density at radius 1 is 1.13 bits per heavy atom. The summed E-state index contributed by atoms with van der Waals surface area (Å²) in [6, 6.07) is 8.43. The smallest absolute Gasteiger partial charge is 0.332 e. The fourth-order valence-electron chi connectivity index (χ4n) is 3.90. The summed E-state index contributed by atoms with van der Waals surface area (Å²) in [7, 11) is 3.18. The Morgan fingerprint density at radius 2 is 1.87 bits per heavy atom. The molecule has 0 N–H and O–H groups in total. The second-order valence-corrected chi connectivity index (χ2v) is 7.62. The van der Waals surface area contributed by atoms with Crippen LogP contribution in [0.4, 0.5) is 0 Å². The fourth-order valence-corrected chi connectivity index (χ4v) is 3.90. The number of fused-ring (bicyclic) bond motifs is 3. The Kier molecular flexibility index (Phi) is 5.34. The van der Waals surface area contributed by atoms with Crippen LogP contribution < -0.4 is 11.2 Å². The van der Waals surface area contributed by atoms with E-state index in [0.29, 0.717) is 16.9 Å². The van der Waals surface area contributed by atoms with Crippen molar-refractivity contribution < 1.29 is 4.74 Å². The van der Waals surface area contributed by atoms with Crippen LogP contribution in [-0.4, -0.2) is 36.8 Å².